The van der Waals surface area contributed by atoms with Crippen LogP contribution in [0.25, 0.3) is 28.3 Å². The number of aromatic amines is 1. The Hall–Kier alpha value is -4.41. The zero-order chi connectivity index (χ0) is 30.5. The third-order valence-electron chi connectivity index (χ3n) is 8.92. The molecule has 0 amide bonds. The molecule has 4 aromatic heterocycles. The van der Waals surface area contributed by atoms with Crippen LogP contribution in [0.4, 0.5) is 4.39 Å². The number of H-pyrrole nitrogens is 1. The molecule has 1 saturated carbocycles. The molecular weight excluding hydrogens is 571 g/mol. The Labute approximate surface area is 255 Å². The Morgan fingerprint density at radius 1 is 0.886 bits per heavy atom. The van der Waals surface area contributed by atoms with Crippen LogP contribution in [-0.4, -0.2) is 43.3 Å². The first-order chi connectivity index (χ1) is 21.2. The number of fused-ring (bicyclic) bond motifs is 2. The second-order valence-corrected chi connectivity index (χ2v) is 16.9. The SMILES string of the molecule is CC(C)(C)[Si](O[C@H]1CC[C@H](n2c(=O)[nH]c3cnc(-c4cnc5ccc(F)cn45)nc32)CC1)(c1ccccc1)c1ccccc1. The average molecular weight is 607 g/mol. The molecule has 224 valence electrons. The van der Waals surface area contributed by atoms with Crippen molar-refractivity contribution in [3.8, 4) is 11.5 Å². The summed E-state index contributed by atoms with van der Waals surface area (Å²) < 4.78 is 24.8. The van der Waals surface area contributed by atoms with E-state index >= 15 is 0 Å². The standard InChI is InChI=1S/C34H35FN6O2Si/c1-34(2,3)44(26-10-6-4-7-11-26,27-12-8-5-9-13-27)43-25-17-15-24(16-18-25)41-32-28(38-33(41)42)20-37-31(39-32)29-21-36-30-19-14-23(35)22-40(29)30/h4-14,19-22,24-25H,15-18H2,1-3H3,(H,38,42)/t24-,25-. The van der Waals surface area contributed by atoms with Crippen LogP contribution in [0.2, 0.25) is 5.04 Å². The van der Waals surface area contributed by atoms with Crippen molar-refractivity contribution in [2.45, 2.75) is 63.6 Å². The fraction of sp³-hybridized carbons (Fsp3) is 0.294. The van der Waals surface area contributed by atoms with E-state index in [-0.39, 0.29) is 28.7 Å². The molecule has 1 aliphatic rings. The summed E-state index contributed by atoms with van der Waals surface area (Å²) in [6.45, 7) is 6.89. The number of hydrogen-bond donors (Lipinski definition) is 1. The monoisotopic (exact) mass is 606 g/mol. The van der Waals surface area contributed by atoms with Crippen molar-refractivity contribution in [1.82, 2.24) is 28.9 Å². The van der Waals surface area contributed by atoms with E-state index in [0.717, 1.165) is 25.7 Å². The lowest BCUT2D eigenvalue weighted by molar-refractivity contribution is 0.123. The number of pyridine rings is 1. The molecule has 10 heteroatoms. The molecule has 0 radical (unpaired) electrons. The van der Waals surface area contributed by atoms with E-state index in [4.69, 9.17) is 9.41 Å². The Kier molecular flexibility index (Phi) is 7.05. The molecule has 0 unspecified atom stereocenters. The molecule has 44 heavy (non-hydrogen) atoms. The number of nitrogens with one attached hydrogen (secondary N) is 1. The van der Waals surface area contributed by atoms with Gasteiger partial charge in [-0.2, -0.15) is 0 Å². The summed E-state index contributed by atoms with van der Waals surface area (Å²) in [6, 6.07) is 24.4. The minimum absolute atomic E-state index is 0.0300. The van der Waals surface area contributed by atoms with E-state index in [0.29, 0.717) is 28.3 Å². The number of rotatable bonds is 6. The molecule has 7 rings (SSSR count). The maximum absolute atomic E-state index is 14.0. The highest BCUT2D eigenvalue weighted by atomic mass is 28.4. The van der Waals surface area contributed by atoms with Gasteiger partial charge in [-0.25, -0.2) is 24.1 Å². The molecule has 0 saturated heterocycles. The summed E-state index contributed by atoms with van der Waals surface area (Å²) in [5.74, 6) is 0.000446. The van der Waals surface area contributed by atoms with Gasteiger partial charge in [0.05, 0.1) is 12.4 Å². The van der Waals surface area contributed by atoms with Crippen molar-refractivity contribution in [3.05, 3.63) is 108 Å². The third kappa shape index (κ3) is 4.78. The molecule has 8 nitrogen and oxygen atoms in total. The summed E-state index contributed by atoms with van der Waals surface area (Å²) in [6.07, 6.45) is 7.91. The molecule has 6 aromatic rings. The molecule has 2 aromatic carbocycles. The van der Waals surface area contributed by atoms with Gasteiger partial charge in [0.2, 0.25) is 0 Å². The number of nitrogens with zero attached hydrogens (tertiary/aromatic N) is 5. The first-order valence-electron chi connectivity index (χ1n) is 15.1. The van der Waals surface area contributed by atoms with E-state index in [1.807, 2.05) is 0 Å². The van der Waals surface area contributed by atoms with Crippen molar-refractivity contribution in [2.24, 2.45) is 0 Å². The molecule has 0 atom stereocenters. The molecule has 4 heterocycles. The number of aromatic nitrogens is 6. The molecule has 1 N–H and O–H groups in total. The van der Waals surface area contributed by atoms with Crippen LogP contribution in [-0.2, 0) is 4.43 Å². The quantitative estimate of drug-likeness (QED) is 0.248. The molecule has 1 aliphatic carbocycles. The van der Waals surface area contributed by atoms with Gasteiger partial charge in [-0.05, 0) is 53.2 Å². The number of benzene rings is 2. The van der Waals surface area contributed by atoms with Crippen LogP contribution < -0.4 is 16.1 Å². The van der Waals surface area contributed by atoms with Gasteiger partial charge in [-0.3, -0.25) is 8.97 Å². The summed E-state index contributed by atoms with van der Waals surface area (Å²) in [5.41, 5.74) is 2.07. The molecule has 0 spiro atoms. The van der Waals surface area contributed by atoms with E-state index in [2.05, 4.69) is 96.4 Å². The maximum atomic E-state index is 14.0. The van der Waals surface area contributed by atoms with Crippen LogP contribution in [0.1, 0.15) is 52.5 Å². The Morgan fingerprint density at radius 2 is 1.55 bits per heavy atom. The van der Waals surface area contributed by atoms with Crippen molar-refractivity contribution in [3.63, 3.8) is 0 Å². The third-order valence-corrected chi connectivity index (χ3v) is 14.0. The number of hydrogen-bond acceptors (Lipinski definition) is 5. The minimum atomic E-state index is -2.67. The smallest absolute Gasteiger partial charge is 0.327 e. The van der Waals surface area contributed by atoms with E-state index < -0.39 is 8.32 Å². The first-order valence-corrected chi connectivity index (χ1v) is 17.0. The largest absolute Gasteiger partial charge is 0.404 e. The number of halogens is 1. The van der Waals surface area contributed by atoms with Gasteiger partial charge in [0.15, 0.2) is 11.5 Å². The summed E-state index contributed by atoms with van der Waals surface area (Å²) >= 11 is 0. The summed E-state index contributed by atoms with van der Waals surface area (Å²) in [4.78, 5) is 29.8. The van der Waals surface area contributed by atoms with Crippen LogP contribution in [0.15, 0.2) is 96.2 Å². The summed E-state index contributed by atoms with van der Waals surface area (Å²) in [5, 5.41) is 2.43. The zero-order valence-corrected chi connectivity index (χ0v) is 26.1. The van der Waals surface area contributed by atoms with E-state index in [1.165, 1.54) is 22.6 Å². The predicted molar refractivity (Wildman–Crippen MR) is 172 cm³/mol. The van der Waals surface area contributed by atoms with E-state index in [9.17, 15) is 9.18 Å². The maximum Gasteiger partial charge on any atom is 0.327 e. The fourth-order valence-electron chi connectivity index (χ4n) is 6.86. The van der Waals surface area contributed by atoms with Gasteiger partial charge in [0.25, 0.3) is 8.32 Å². The highest BCUT2D eigenvalue weighted by Gasteiger charge is 2.51. The normalized spacial score (nSPS) is 17.8. The molecule has 0 aliphatic heterocycles. The van der Waals surface area contributed by atoms with Gasteiger partial charge < -0.3 is 9.41 Å². The second-order valence-electron chi connectivity index (χ2n) is 12.7. The molecule has 0 bridgehead atoms. The van der Waals surface area contributed by atoms with Crippen LogP contribution >= 0.6 is 0 Å². The van der Waals surface area contributed by atoms with Crippen molar-refractivity contribution >= 4 is 35.5 Å². The Bertz CT molecular complexity index is 1950. The second kappa shape index (κ2) is 10.9. The van der Waals surface area contributed by atoms with Gasteiger partial charge in [0.1, 0.15) is 22.7 Å². The van der Waals surface area contributed by atoms with Crippen molar-refractivity contribution in [2.75, 3.05) is 0 Å². The van der Waals surface area contributed by atoms with Crippen molar-refractivity contribution in [1.29, 1.82) is 0 Å². The molecular formula is C34H35FN6O2Si. The Morgan fingerprint density at radius 3 is 2.18 bits per heavy atom. The predicted octanol–water partition coefficient (Wildman–Crippen LogP) is 5.63. The lowest BCUT2D eigenvalue weighted by Gasteiger charge is -2.46. The Balaban J connectivity index is 1.19. The van der Waals surface area contributed by atoms with Crippen LogP contribution in [0.3, 0.4) is 0 Å². The summed E-state index contributed by atoms with van der Waals surface area (Å²) in [7, 11) is -2.67. The fourth-order valence-corrected chi connectivity index (χ4v) is 11.6. The lowest BCUT2D eigenvalue weighted by Crippen LogP contribution is -2.67. The van der Waals surface area contributed by atoms with Gasteiger partial charge in [0, 0.05) is 18.3 Å². The first kappa shape index (κ1) is 28.4. The van der Waals surface area contributed by atoms with Crippen LogP contribution in [0.5, 0.6) is 0 Å². The van der Waals surface area contributed by atoms with E-state index in [1.54, 1.807) is 27.4 Å². The highest BCUT2D eigenvalue weighted by molar-refractivity contribution is 6.99. The number of imidazole rings is 2. The molecule has 1 fully saturated rings. The van der Waals surface area contributed by atoms with Crippen molar-refractivity contribution < 1.29 is 8.82 Å². The van der Waals surface area contributed by atoms with Gasteiger partial charge in [-0.15, -0.1) is 0 Å². The van der Waals surface area contributed by atoms with Gasteiger partial charge >= 0.3 is 5.69 Å². The lowest BCUT2D eigenvalue weighted by atomic mass is 9.93. The zero-order valence-electron chi connectivity index (χ0n) is 25.1. The topological polar surface area (TPSA) is 90.1 Å². The van der Waals surface area contributed by atoms with Crippen LogP contribution in [0, 0.1) is 5.82 Å². The van der Waals surface area contributed by atoms with Gasteiger partial charge in [-0.1, -0.05) is 81.4 Å². The average Bonchev–Trinajstić information content (AvgIpc) is 3.59. The highest BCUT2D eigenvalue weighted by Crippen LogP contribution is 2.40. The minimum Gasteiger partial charge on any atom is -0.404 e.